The number of esters is 3. The Morgan fingerprint density at radius 1 is 0.239 bits per heavy atom. The van der Waals surface area contributed by atoms with E-state index in [1.165, 1.54) is 186 Å². The van der Waals surface area contributed by atoms with Crippen LogP contribution in [0.5, 0.6) is 0 Å². The molecule has 0 aliphatic heterocycles. The highest BCUT2D eigenvalue weighted by molar-refractivity contribution is 7.47. The molecule has 5 atom stereocenters. The largest absolute Gasteiger partial charge is 0.472 e. The van der Waals surface area contributed by atoms with Gasteiger partial charge in [0.15, 0.2) is 6.10 Å². The summed E-state index contributed by atoms with van der Waals surface area (Å²) in [6.07, 6.45) is 115. The van der Waals surface area contributed by atoms with Crippen molar-refractivity contribution in [3.8, 4) is 0 Å². The number of hydrogen-bond donors (Lipinski definition) is 4. The first-order chi connectivity index (χ1) is 57.2. The Morgan fingerprint density at radius 3 is 0.675 bits per heavy atom. The molecule has 0 saturated heterocycles. The zero-order valence-corrected chi connectivity index (χ0v) is 76.1. The van der Waals surface area contributed by atoms with Crippen LogP contribution in [0.2, 0.25) is 0 Å². The van der Waals surface area contributed by atoms with Crippen LogP contribution in [0.25, 0.3) is 0 Å². The predicted molar refractivity (Wildman–Crippen MR) is 491 cm³/mol. The Bertz CT molecular complexity index is 2710. The molecule has 0 saturated carbocycles. The van der Waals surface area contributed by atoms with Crippen LogP contribution < -0.4 is 0 Å². The minimum Gasteiger partial charge on any atom is -0.463 e. The third-order valence-corrected chi connectivity index (χ3v) is 21.9. The fourth-order valence-corrected chi connectivity index (χ4v) is 14.4. The van der Waals surface area contributed by atoms with Gasteiger partial charge >= 0.3 is 33.6 Å². The fourth-order valence-electron chi connectivity index (χ4n) is 12.8. The van der Waals surface area contributed by atoms with E-state index in [9.17, 15) is 43.5 Å². The van der Waals surface area contributed by atoms with Gasteiger partial charge in [0.1, 0.15) is 25.4 Å². The molecule has 18 heteroatoms. The average molecular weight is 1680 g/mol. The van der Waals surface area contributed by atoms with Gasteiger partial charge in [-0.2, -0.15) is 0 Å². The molecule has 0 radical (unpaired) electrons. The van der Waals surface area contributed by atoms with Gasteiger partial charge < -0.3 is 34.2 Å². The summed E-state index contributed by atoms with van der Waals surface area (Å²) in [7, 11) is -9.81. The summed E-state index contributed by atoms with van der Waals surface area (Å²) < 4.78 is 61.5. The Balaban J connectivity index is 4.64. The zero-order chi connectivity index (χ0) is 85.1. The molecule has 0 aliphatic carbocycles. The quantitative estimate of drug-likeness (QED) is 0.0146. The van der Waals surface area contributed by atoms with E-state index >= 15 is 0 Å². The Kier molecular flexibility index (Phi) is 87.1. The Labute approximate surface area is 715 Å². The number of aliphatic hydroxyl groups excluding tert-OH is 2. The second-order valence-corrected chi connectivity index (χ2v) is 34.4. The van der Waals surface area contributed by atoms with Gasteiger partial charge in [-0.3, -0.25) is 32.5 Å². The first-order valence-corrected chi connectivity index (χ1v) is 50.1. The highest BCUT2D eigenvalue weighted by Crippen LogP contribution is 2.45. The molecule has 0 amide bonds. The number of carbonyl (C=O) groups excluding carboxylic acids is 3. The second kappa shape index (κ2) is 90.7. The Hall–Kier alpha value is -4.57. The fraction of sp³-hybridized carbons (Fsp3) is 0.727. The number of carbonyl (C=O) groups is 3. The van der Waals surface area contributed by atoms with Gasteiger partial charge in [-0.1, -0.05) is 378 Å². The standard InChI is InChI=1S/C99H172O16P2/c1-4-7-10-13-16-19-22-25-28-31-34-37-40-42-44-46-48-50-53-55-58-61-64-67-70-73-76-79-82-85-97(102)109-88-94(100)89-111-116(105,106)112-90-95(101)91-113-117(107,108)114-93-96(115-99(104)87-84-81-78-75-72-69-66-63-60-57-52-39-36-33-30-27-24-21-18-15-12-9-6-3)92-110-98(103)86-83-80-77-74-71-68-65-62-59-56-54-51-49-47-45-43-41-38-35-32-29-26-23-20-17-14-11-8-5-2/h16-21,25-30,34-39,42-45,57,60,94-96,100-101H,4-15,22-24,31-33,40-41,46-56,58-59,61-93H2,1-3H3,(H,105,106)(H,107,108)/b19-16-,20-17-,21-18-,28-25-,29-26-,30-27-,37-34-,38-35-,39-36-,44-42-,45-43-,60-57-. The van der Waals surface area contributed by atoms with Crippen molar-refractivity contribution in [1.82, 2.24) is 0 Å². The van der Waals surface area contributed by atoms with Crippen LogP contribution in [0.3, 0.4) is 0 Å². The number of allylic oxidation sites excluding steroid dienone is 24. The van der Waals surface area contributed by atoms with Crippen molar-refractivity contribution < 1.29 is 75.8 Å². The molecule has 0 bridgehead atoms. The minimum absolute atomic E-state index is 0.0896. The van der Waals surface area contributed by atoms with E-state index in [1.807, 2.05) is 0 Å². The maximum absolute atomic E-state index is 13.1. The maximum atomic E-state index is 13.1. The first-order valence-electron chi connectivity index (χ1n) is 47.1. The highest BCUT2D eigenvalue weighted by atomic mass is 31.2. The summed E-state index contributed by atoms with van der Waals surface area (Å²) >= 11 is 0. The van der Waals surface area contributed by atoms with Crippen LogP contribution in [-0.2, 0) is 55.8 Å². The van der Waals surface area contributed by atoms with Gasteiger partial charge in [0.2, 0.25) is 0 Å². The van der Waals surface area contributed by atoms with Crippen LogP contribution in [0.15, 0.2) is 146 Å². The second-order valence-electron chi connectivity index (χ2n) is 31.5. The average Bonchev–Trinajstić information content (AvgIpc) is 0.904. The molecule has 0 spiro atoms. The smallest absolute Gasteiger partial charge is 0.463 e. The van der Waals surface area contributed by atoms with Gasteiger partial charge in [-0.15, -0.1) is 0 Å². The first kappa shape index (κ1) is 112. The summed E-state index contributed by atoms with van der Waals surface area (Å²) in [6, 6.07) is 0. The van der Waals surface area contributed by atoms with E-state index in [4.69, 9.17) is 32.3 Å². The summed E-state index contributed by atoms with van der Waals surface area (Å²) in [6.45, 7) is 2.64. The molecular weight excluding hydrogens is 1510 g/mol. The van der Waals surface area contributed by atoms with Crippen molar-refractivity contribution in [2.75, 3.05) is 39.6 Å². The predicted octanol–water partition coefficient (Wildman–Crippen LogP) is 29.1. The number of phosphoric ester groups is 2. The number of hydrogen-bond acceptors (Lipinski definition) is 14. The van der Waals surface area contributed by atoms with Crippen LogP contribution in [0.4, 0.5) is 0 Å². The van der Waals surface area contributed by atoms with E-state index in [0.29, 0.717) is 19.3 Å². The van der Waals surface area contributed by atoms with Crippen molar-refractivity contribution in [1.29, 1.82) is 0 Å². The topological polar surface area (TPSA) is 231 Å². The van der Waals surface area contributed by atoms with E-state index in [1.54, 1.807) is 0 Å². The van der Waals surface area contributed by atoms with E-state index < -0.39 is 91.5 Å². The lowest BCUT2D eigenvalue weighted by Gasteiger charge is -2.21. The molecule has 0 aromatic rings. The number of phosphoric acid groups is 2. The molecule has 674 valence electrons. The number of aliphatic hydroxyl groups is 2. The molecular formula is C99H172O16P2. The van der Waals surface area contributed by atoms with Crippen molar-refractivity contribution in [2.45, 2.75) is 424 Å². The van der Waals surface area contributed by atoms with Gasteiger partial charge in [0, 0.05) is 19.3 Å². The third-order valence-electron chi connectivity index (χ3n) is 20.0. The van der Waals surface area contributed by atoms with E-state index in [-0.39, 0.29) is 19.3 Å². The van der Waals surface area contributed by atoms with Crippen molar-refractivity contribution in [3.63, 3.8) is 0 Å². The molecule has 0 fully saturated rings. The summed E-state index contributed by atoms with van der Waals surface area (Å²) in [4.78, 5) is 59.1. The number of rotatable bonds is 89. The van der Waals surface area contributed by atoms with Gasteiger partial charge in [0.05, 0.1) is 26.4 Å². The lowest BCUT2D eigenvalue weighted by atomic mass is 10.0. The Morgan fingerprint density at radius 2 is 0.427 bits per heavy atom. The summed E-state index contributed by atoms with van der Waals surface area (Å²) in [5.74, 6) is -1.58. The normalized spacial score (nSPS) is 14.4. The number of ether oxygens (including phenoxy) is 3. The molecule has 0 heterocycles. The third kappa shape index (κ3) is 92.0. The van der Waals surface area contributed by atoms with Crippen LogP contribution in [0.1, 0.15) is 406 Å². The van der Waals surface area contributed by atoms with Crippen molar-refractivity contribution in [3.05, 3.63) is 146 Å². The van der Waals surface area contributed by atoms with E-state index in [2.05, 4.69) is 167 Å². The SMILES string of the molecule is CCCCC/C=C\C/C=C\C/C=C\C/C=C\CCCCCCCCCCCCCCCC(=O)OCC(O)COP(=O)(O)OCC(O)COP(=O)(O)OCC(COC(=O)CCCCCCCCCCCCCCC/C=C\C/C=C\C/C=C\C/C=C\CCCCC)OC(=O)CCCCCCCCC/C=C\C/C=C\C/C=C\C/C=C\CCCCC. The lowest BCUT2D eigenvalue weighted by molar-refractivity contribution is -0.161. The molecule has 117 heavy (non-hydrogen) atoms. The molecule has 0 aromatic heterocycles. The summed E-state index contributed by atoms with van der Waals surface area (Å²) in [5.41, 5.74) is 0. The molecule has 0 rings (SSSR count). The molecule has 16 nitrogen and oxygen atoms in total. The molecule has 0 aliphatic rings. The van der Waals surface area contributed by atoms with Gasteiger partial charge in [-0.25, -0.2) is 9.13 Å². The van der Waals surface area contributed by atoms with Crippen molar-refractivity contribution in [2.24, 2.45) is 0 Å². The molecule has 4 N–H and O–H groups in total. The molecule has 0 aromatic carbocycles. The minimum atomic E-state index is -4.95. The van der Waals surface area contributed by atoms with Gasteiger partial charge in [0.25, 0.3) is 0 Å². The van der Waals surface area contributed by atoms with Gasteiger partial charge in [-0.05, 0) is 154 Å². The number of unbranched alkanes of at least 4 members (excludes halogenated alkanes) is 42. The summed E-state index contributed by atoms with van der Waals surface area (Å²) in [5, 5.41) is 20.7. The van der Waals surface area contributed by atoms with Crippen molar-refractivity contribution >= 4 is 33.6 Å². The maximum Gasteiger partial charge on any atom is 0.472 e. The highest BCUT2D eigenvalue weighted by Gasteiger charge is 2.29. The zero-order valence-electron chi connectivity index (χ0n) is 74.3. The monoisotopic (exact) mass is 1680 g/mol. The molecule has 5 unspecified atom stereocenters. The van der Waals surface area contributed by atoms with Crippen LogP contribution in [-0.4, -0.2) is 95.9 Å². The van der Waals surface area contributed by atoms with Crippen LogP contribution in [0, 0.1) is 0 Å². The van der Waals surface area contributed by atoms with Crippen LogP contribution >= 0.6 is 15.6 Å². The van der Waals surface area contributed by atoms with E-state index in [0.717, 1.165) is 161 Å². The lowest BCUT2D eigenvalue weighted by Crippen LogP contribution is -2.30.